The number of oxazole rings is 1. The largest absolute Gasteiger partial charge is 0.443 e. The van der Waals surface area contributed by atoms with Crippen LogP contribution in [0, 0.1) is 0 Å². The van der Waals surface area contributed by atoms with E-state index in [0.717, 1.165) is 31.2 Å². The highest BCUT2D eigenvalue weighted by atomic mass is 127. The molecular formula is C16H27IN6O. The van der Waals surface area contributed by atoms with Gasteiger partial charge in [-0.2, -0.15) is 0 Å². The van der Waals surface area contributed by atoms with Gasteiger partial charge in [-0.05, 0) is 6.42 Å². The van der Waals surface area contributed by atoms with E-state index >= 15 is 0 Å². The van der Waals surface area contributed by atoms with Crippen molar-refractivity contribution in [1.29, 1.82) is 0 Å². The molecule has 0 radical (unpaired) electrons. The summed E-state index contributed by atoms with van der Waals surface area (Å²) in [6.45, 7) is 8.58. The van der Waals surface area contributed by atoms with Gasteiger partial charge in [0.25, 0.3) is 0 Å². The van der Waals surface area contributed by atoms with Crippen LogP contribution in [0.15, 0.2) is 34.3 Å². The summed E-state index contributed by atoms with van der Waals surface area (Å²) in [6.07, 6.45) is 8.35. The van der Waals surface area contributed by atoms with Gasteiger partial charge in [-0.3, -0.25) is 4.99 Å². The van der Waals surface area contributed by atoms with Crippen LogP contribution in [0.4, 0.5) is 0 Å². The highest BCUT2D eigenvalue weighted by molar-refractivity contribution is 14.0. The van der Waals surface area contributed by atoms with Gasteiger partial charge in [-0.15, -0.1) is 24.0 Å². The third-order valence-electron chi connectivity index (χ3n) is 3.37. The maximum Gasteiger partial charge on any atom is 0.213 e. The van der Waals surface area contributed by atoms with Gasteiger partial charge in [0.15, 0.2) is 5.96 Å². The standard InChI is InChI=1S/C16H26N6O.HI/c1-16(2,3)13-10-20-14(23-13)11-21-15(17-4)19-6-5-8-22-9-7-18-12-22;/h7,9-10,12H,5-6,8,11H2,1-4H3,(H2,17,19,21);1H. The fourth-order valence-corrected chi connectivity index (χ4v) is 2.01. The molecule has 0 aliphatic carbocycles. The SMILES string of the molecule is CN=C(NCCCn1ccnc1)NCc1ncc(C(C)(C)C)o1.I. The molecule has 24 heavy (non-hydrogen) atoms. The van der Waals surface area contributed by atoms with Crippen LogP contribution in [0.5, 0.6) is 0 Å². The van der Waals surface area contributed by atoms with Crippen molar-refractivity contribution in [3.63, 3.8) is 0 Å². The lowest BCUT2D eigenvalue weighted by Gasteiger charge is -2.13. The van der Waals surface area contributed by atoms with Crippen molar-refractivity contribution in [1.82, 2.24) is 25.2 Å². The first-order chi connectivity index (χ1) is 11.0. The molecule has 2 N–H and O–H groups in total. The smallest absolute Gasteiger partial charge is 0.213 e. The molecule has 0 aliphatic rings. The van der Waals surface area contributed by atoms with Gasteiger partial charge in [-0.1, -0.05) is 20.8 Å². The summed E-state index contributed by atoms with van der Waals surface area (Å²) in [5, 5.41) is 6.48. The molecule has 0 atom stereocenters. The van der Waals surface area contributed by atoms with Crippen LogP contribution in [0.3, 0.4) is 0 Å². The van der Waals surface area contributed by atoms with Crippen LogP contribution in [0.25, 0.3) is 0 Å². The Bertz CT molecular complexity index is 615. The Morgan fingerprint density at radius 2 is 2.12 bits per heavy atom. The molecule has 0 spiro atoms. The molecule has 2 heterocycles. The van der Waals surface area contributed by atoms with Crippen molar-refractivity contribution < 1.29 is 4.42 Å². The highest BCUT2D eigenvalue weighted by Gasteiger charge is 2.19. The van der Waals surface area contributed by atoms with Crippen molar-refractivity contribution in [3.8, 4) is 0 Å². The van der Waals surface area contributed by atoms with E-state index in [9.17, 15) is 0 Å². The molecule has 0 saturated carbocycles. The molecule has 0 aromatic carbocycles. The topological polar surface area (TPSA) is 80.3 Å². The molecule has 0 unspecified atom stereocenters. The molecule has 2 aromatic rings. The van der Waals surface area contributed by atoms with Crippen molar-refractivity contribution in [3.05, 3.63) is 36.6 Å². The van der Waals surface area contributed by atoms with E-state index in [-0.39, 0.29) is 29.4 Å². The van der Waals surface area contributed by atoms with E-state index in [2.05, 4.69) is 50.9 Å². The molecule has 0 aliphatic heterocycles. The van der Waals surface area contributed by atoms with E-state index in [1.807, 2.05) is 12.5 Å². The number of nitrogens with zero attached hydrogens (tertiary/aromatic N) is 4. The number of guanidine groups is 1. The minimum Gasteiger partial charge on any atom is -0.443 e. The van der Waals surface area contributed by atoms with Crippen molar-refractivity contribution in [2.75, 3.05) is 13.6 Å². The zero-order chi connectivity index (χ0) is 16.7. The number of aryl methyl sites for hydroxylation is 1. The second-order valence-electron chi connectivity index (χ2n) is 6.37. The van der Waals surface area contributed by atoms with Crippen molar-refractivity contribution in [2.45, 2.75) is 45.7 Å². The first-order valence-electron chi connectivity index (χ1n) is 7.84. The summed E-state index contributed by atoms with van der Waals surface area (Å²) < 4.78 is 7.81. The highest BCUT2D eigenvalue weighted by Crippen LogP contribution is 2.22. The Morgan fingerprint density at radius 1 is 1.33 bits per heavy atom. The zero-order valence-corrected chi connectivity index (χ0v) is 17.1. The normalized spacial score (nSPS) is 11.9. The lowest BCUT2D eigenvalue weighted by molar-refractivity contribution is 0.379. The minimum absolute atomic E-state index is 0. The molecule has 2 rings (SSSR count). The zero-order valence-electron chi connectivity index (χ0n) is 14.7. The Morgan fingerprint density at radius 3 is 2.71 bits per heavy atom. The van der Waals surface area contributed by atoms with Crippen molar-refractivity contribution in [2.24, 2.45) is 4.99 Å². The predicted molar refractivity (Wildman–Crippen MR) is 106 cm³/mol. The van der Waals surface area contributed by atoms with E-state index in [1.54, 1.807) is 19.4 Å². The van der Waals surface area contributed by atoms with E-state index in [0.29, 0.717) is 12.4 Å². The summed E-state index contributed by atoms with van der Waals surface area (Å²) in [5.41, 5.74) is -0.0293. The summed E-state index contributed by atoms with van der Waals surface area (Å²) in [7, 11) is 1.75. The predicted octanol–water partition coefficient (Wildman–Crippen LogP) is 2.54. The fourth-order valence-electron chi connectivity index (χ4n) is 2.01. The average molecular weight is 446 g/mol. The van der Waals surface area contributed by atoms with Crippen LogP contribution >= 0.6 is 24.0 Å². The quantitative estimate of drug-likeness (QED) is 0.309. The van der Waals surface area contributed by atoms with Crippen LogP contribution in [0.1, 0.15) is 38.8 Å². The number of hydrogen-bond acceptors (Lipinski definition) is 4. The number of imidazole rings is 1. The molecule has 0 amide bonds. The molecule has 0 fully saturated rings. The van der Waals surface area contributed by atoms with Gasteiger partial charge in [0.05, 0.1) is 19.1 Å². The maximum atomic E-state index is 5.75. The molecule has 134 valence electrons. The molecule has 0 saturated heterocycles. The fraction of sp³-hybridized carbons (Fsp3) is 0.562. The molecule has 7 nitrogen and oxygen atoms in total. The van der Waals surface area contributed by atoms with Gasteiger partial charge in [0.1, 0.15) is 5.76 Å². The first kappa shape index (κ1) is 20.5. The van der Waals surface area contributed by atoms with Gasteiger partial charge in [-0.25, -0.2) is 9.97 Å². The summed E-state index contributed by atoms with van der Waals surface area (Å²) >= 11 is 0. The van der Waals surface area contributed by atoms with Gasteiger partial charge in [0, 0.05) is 37.9 Å². The summed E-state index contributed by atoms with van der Waals surface area (Å²) in [4.78, 5) is 12.5. The molecular weight excluding hydrogens is 419 g/mol. The monoisotopic (exact) mass is 446 g/mol. The summed E-state index contributed by atoms with van der Waals surface area (Å²) in [6, 6.07) is 0. The molecule has 0 bridgehead atoms. The maximum absolute atomic E-state index is 5.75. The van der Waals surface area contributed by atoms with Gasteiger partial charge in [0.2, 0.25) is 5.89 Å². The van der Waals surface area contributed by atoms with Crippen LogP contribution in [-0.2, 0) is 18.5 Å². The Kier molecular flexibility index (Phi) is 8.23. The van der Waals surface area contributed by atoms with Crippen LogP contribution in [-0.4, -0.2) is 34.1 Å². The van der Waals surface area contributed by atoms with Gasteiger partial charge < -0.3 is 19.6 Å². The summed E-state index contributed by atoms with van der Waals surface area (Å²) in [5.74, 6) is 2.29. The molecule has 2 aromatic heterocycles. The van der Waals surface area contributed by atoms with E-state index in [1.165, 1.54) is 0 Å². The second-order valence-corrected chi connectivity index (χ2v) is 6.37. The minimum atomic E-state index is -0.0293. The number of aliphatic imine (C=N–C) groups is 1. The Labute approximate surface area is 160 Å². The third kappa shape index (κ3) is 6.50. The number of nitrogens with one attached hydrogen (secondary N) is 2. The lowest BCUT2D eigenvalue weighted by Crippen LogP contribution is -2.37. The van der Waals surface area contributed by atoms with E-state index < -0.39 is 0 Å². The van der Waals surface area contributed by atoms with Gasteiger partial charge >= 0.3 is 0 Å². The number of hydrogen-bond donors (Lipinski definition) is 2. The number of aromatic nitrogens is 3. The second kappa shape index (κ2) is 9.65. The van der Waals surface area contributed by atoms with E-state index in [4.69, 9.17) is 4.42 Å². The number of halogens is 1. The third-order valence-corrected chi connectivity index (χ3v) is 3.37. The molecule has 8 heteroatoms. The Hall–Kier alpha value is -1.58. The first-order valence-corrected chi connectivity index (χ1v) is 7.84. The average Bonchev–Trinajstić information content (AvgIpc) is 3.17. The van der Waals surface area contributed by atoms with Crippen LogP contribution in [0.2, 0.25) is 0 Å². The number of rotatable bonds is 6. The van der Waals surface area contributed by atoms with Crippen molar-refractivity contribution >= 4 is 29.9 Å². The Balaban J connectivity index is 0.00000288. The lowest BCUT2D eigenvalue weighted by atomic mass is 9.94. The van der Waals surface area contributed by atoms with Crippen LogP contribution < -0.4 is 10.6 Å².